The van der Waals surface area contributed by atoms with Crippen LogP contribution in [0.1, 0.15) is 27.8 Å². The summed E-state index contributed by atoms with van der Waals surface area (Å²) in [6.45, 7) is -0.0500. The van der Waals surface area contributed by atoms with Gasteiger partial charge in [0, 0.05) is 12.2 Å². The zero-order valence-corrected chi connectivity index (χ0v) is 14.1. The van der Waals surface area contributed by atoms with Crippen molar-refractivity contribution >= 4 is 27.6 Å². The summed E-state index contributed by atoms with van der Waals surface area (Å²) < 4.78 is 29.9. The van der Waals surface area contributed by atoms with Gasteiger partial charge in [-0.15, -0.1) is 0 Å². The minimum atomic E-state index is -3.38. The van der Waals surface area contributed by atoms with Crippen molar-refractivity contribution in [3.63, 3.8) is 0 Å². The van der Waals surface area contributed by atoms with E-state index in [2.05, 4.69) is 4.72 Å². The first kappa shape index (κ1) is 17.2. The highest BCUT2D eigenvalue weighted by Crippen LogP contribution is 2.37. The molecule has 0 radical (unpaired) electrons. The number of aliphatic carboxylic acids is 1. The lowest BCUT2D eigenvalue weighted by atomic mass is 10.0. The first-order chi connectivity index (χ1) is 11.8. The molecule has 1 unspecified atom stereocenters. The second-order valence-corrected chi connectivity index (χ2v) is 7.56. The lowest BCUT2D eigenvalue weighted by Gasteiger charge is -2.15. The van der Waals surface area contributed by atoms with Crippen LogP contribution in [0.25, 0.3) is 0 Å². The minimum absolute atomic E-state index is 0.0190. The summed E-state index contributed by atoms with van der Waals surface area (Å²) in [5.74, 6) is -1.95. The Bertz CT molecular complexity index is 934. The maximum absolute atomic E-state index is 12.7. The van der Waals surface area contributed by atoms with E-state index in [4.69, 9.17) is 4.42 Å². The van der Waals surface area contributed by atoms with Crippen molar-refractivity contribution in [3.05, 3.63) is 53.5 Å². The molecule has 0 spiro atoms. The van der Waals surface area contributed by atoms with E-state index in [9.17, 15) is 23.1 Å². The summed E-state index contributed by atoms with van der Waals surface area (Å²) in [6, 6.07) is 9.77. The van der Waals surface area contributed by atoms with Crippen molar-refractivity contribution in [2.75, 3.05) is 17.7 Å². The second kappa shape index (κ2) is 6.34. The minimum Gasteiger partial charge on any atom is -0.481 e. The van der Waals surface area contributed by atoms with Gasteiger partial charge in [0.2, 0.25) is 10.0 Å². The highest BCUT2D eigenvalue weighted by atomic mass is 32.2. The van der Waals surface area contributed by atoms with Crippen molar-refractivity contribution in [1.29, 1.82) is 0 Å². The van der Waals surface area contributed by atoms with E-state index >= 15 is 0 Å². The maximum atomic E-state index is 12.7. The number of fused-ring (bicyclic) bond motifs is 1. The van der Waals surface area contributed by atoms with Crippen LogP contribution >= 0.6 is 0 Å². The van der Waals surface area contributed by atoms with Crippen LogP contribution in [0.2, 0.25) is 0 Å². The summed E-state index contributed by atoms with van der Waals surface area (Å²) in [4.78, 5) is 25.5. The number of anilines is 1. The molecule has 1 aromatic heterocycles. The molecule has 132 valence electrons. The van der Waals surface area contributed by atoms with Gasteiger partial charge in [0.05, 0.1) is 12.8 Å². The number of furan rings is 1. The number of carbonyl (C=O) groups excluding carboxylic acids is 1. The van der Waals surface area contributed by atoms with E-state index in [0.717, 1.165) is 6.26 Å². The number of hydrogen-bond acceptors (Lipinski definition) is 5. The van der Waals surface area contributed by atoms with Crippen LogP contribution in [0.5, 0.6) is 0 Å². The molecule has 1 aromatic carbocycles. The molecule has 1 aliphatic rings. The number of amides is 1. The Morgan fingerprint density at radius 2 is 2.00 bits per heavy atom. The lowest BCUT2D eigenvalue weighted by molar-refractivity contribution is -0.138. The Morgan fingerprint density at radius 3 is 2.68 bits per heavy atom. The third-order valence-corrected chi connectivity index (χ3v) is 4.56. The van der Waals surface area contributed by atoms with Crippen molar-refractivity contribution in [3.8, 4) is 0 Å². The summed E-state index contributed by atoms with van der Waals surface area (Å²) in [7, 11) is -3.38. The number of nitrogens with zero attached hydrogens (tertiary/aromatic N) is 1. The van der Waals surface area contributed by atoms with E-state index in [-0.39, 0.29) is 24.6 Å². The van der Waals surface area contributed by atoms with Crippen molar-refractivity contribution in [2.45, 2.75) is 12.5 Å². The number of sulfonamides is 1. The molecule has 0 saturated carbocycles. The van der Waals surface area contributed by atoms with Gasteiger partial charge in [-0.3, -0.25) is 9.59 Å². The number of nitrogens with one attached hydrogen (secondary N) is 1. The Balaban J connectivity index is 1.82. The molecular formula is C16H16N2O6S. The van der Waals surface area contributed by atoms with Crippen LogP contribution in [0, 0.1) is 0 Å². The molecule has 0 saturated heterocycles. The third kappa shape index (κ3) is 3.57. The molecule has 2 heterocycles. The normalized spacial score (nSPS) is 16.7. The van der Waals surface area contributed by atoms with Crippen LogP contribution < -0.4 is 9.62 Å². The fourth-order valence-corrected chi connectivity index (χ4v) is 3.14. The number of hydrogen-bond donors (Lipinski definition) is 2. The van der Waals surface area contributed by atoms with Crippen molar-refractivity contribution in [1.82, 2.24) is 4.72 Å². The fourth-order valence-electron chi connectivity index (χ4n) is 2.73. The quantitative estimate of drug-likeness (QED) is 0.822. The number of carboxylic acids is 1. The third-order valence-electron chi connectivity index (χ3n) is 3.89. The monoisotopic (exact) mass is 364 g/mol. The Labute approximate surface area is 144 Å². The number of benzene rings is 1. The van der Waals surface area contributed by atoms with Crippen LogP contribution in [0.3, 0.4) is 0 Å². The highest BCUT2D eigenvalue weighted by Gasteiger charge is 2.37. The maximum Gasteiger partial charge on any atom is 0.312 e. The molecule has 0 aliphatic carbocycles. The van der Waals surface area contributed by atoms with E-state index < -0.39 is 27.8 Å². The van der Waals surface area contributed by atoms with E-state index in [1.807, 2.05) is 0 Å². The van der Waals surface area contributed by atoms with Crippen LogP contribution in [-0.4, -0.2) is 38.2 Å². The summed E-state index contributed by atoms with van der Waals surface area (Å²) in [5.41, 5.74) is 1.11. The molecule has 8 nitrogen and oxygen atoms in total. The molecule has 3 rings (SSSR count). The summed E-state index contributed by atoms with van der Waals surface area (Å²) >= 11 is 0. The van der Waals surface area contributed by atoms with E-state index in [1.54, 1.807) is 24.3 Å². The highest BCUT2D eigenvalue weighted by molar-refractivity contribution is 7.88. The first-order valence-electron chi connectivity index (χ1n) is 7.43. The molecule has 2 aromatic rings. The van der Waals surface area contributed by atoms with Gasteiger partial charge in [-0.1, -0.05) is 18.2 Å². The topological polar surface area (TPSA) is 117 Å². The number of para-hydroxylation sites is 1. The molecule has 0 bridgehead atoms. The van der Waals surface area contributed by atoms with Gasteiger partial charge in [-0.25, -0.2) is 13.1 Å². The zero-order valence-electron chi connectivity index (χ0n) is 13.3. The molecule has 1 amide bonds. The van der Waals surface area contributed by atoms with Gasteiger partial charge >= 0.3 is 5.97 Å². The lowest BCUT2D eigenvalue weighted by Crippen LogP contribution is -2.31. The average Bonchev–Trinajstić information content (AvgIpc) is 3.16. The average molecular weight is 364 g/mol. The molecule has 1 atom stereocenters. The van der Waals surface area contributed by atoms with Crippen molar-refractivity contribution in [2.24, 2.45) is 0 Å². The Morgan fingerprint density at radius 1 is 1.28 bits per heavy atom. The van der Waals surface area contributed by atoms with Gasteiger partial charge in [0.1, 0.15) is 11.7 Å². The van der Waals surface area contributed by atoms with E-state index in [1.165, 1.54) is 17.0 Å². The van der Waals surface area contributed by atoms with Gasteiger partial charge in [-0.2, -0.15) is 0 Å². The van der Waals surface area contributed by atoms with Crippen LogP contribution in [-0.2, 0) is 21.4 Å². The molecule has 25 heavy (non-hydrogen) atoms. The first-order valence-corrected chi connectivity index (χ1v) is 9.32. The summed E-state index contributed by atoms with van der Waals surface area (Å²) in [6.07, 6.45) is 1.02. The predicted molar refractivity (Wildman–Crippen MR) is 88.9 cm³/mol. The fraction of sp³-hybridized carbons (Fsp3) is 0.250. The molecular weight excluding hydrogens is 348 g/mol. The van der Waals surface area contributed by atoms with Gasteiger partial charge in [0.15, 0.2) is 5.76 Å². The van der Waals surface area contributed by atoms with Gasteiger partial charge in [0.25, 0.3) is 5.91 Å². The Hall–Kier alpha value is -2.65. The predicted octanol–water partition coefficient (Wildman–Crippen LogP) is 1.16. The van der Waals surface area contributed by atoms with E-state index in [0.29, 0.717) is 11.3 Å². The van der Waals surface area contributed by atoms with Crippen LogP contribution in [0.15, 0.2) is 40.8 Å². The molecule has 9 heteroatoms. The Kier molecular flexibility index (Phi) is 4.36. The van der Waals surface area contributed by atoms with Crippen LogP contribution in [0.4, 0.5) is 5.69 Å². The largest absolute Gasteiger partial charge is 0.481 e. The smallest absolute Gasteiger partial charge is 0.312 e. The number of carbonyl (C=O) groups is 2. The molecule has 0 fully saturated rings. The summed E-state index contributed by atoms with van der Waals surface area (Å²) in [5, 5.41) is 9.35. The second-order valence-electron chi connectivity index (χ2n) is 5.72. The SMILES string of the molecule is CS(=O)(=O)NCc1ccc(C(=O)N2CC(C(=O)O)c3ccccc32)o1. The standard InChI is InChI=1S/C16H16N2O6S/c1-25(22,23)17-8-10-6-7-14(24-10)15(19)18-9-12(16(20)21)11-4-2-3-5-13(11)18/h2-7,12,17H,8-9H2,1H3,(H,20,21). The van der Waals surface area contributed by atoms with Crippen molar-refractivity contribution < 1.29 is 27.5 Å². The number of rotatable bonds is 5. The van der Waals surface area contributed by atoms with Gasteiger partial charge in [-0.05, 0) is 23.8 Å². The molecule has 2 N–H and O–H groups in total. The zero-order chi connectivity index (χ0) is 18.2. The van der Waals surface area contributed by atoms with Gasteiger partial charge < -0.3 is 14.4 Å². The number of carboxylic acid groups (broad SMARTS) is 1. The molecule has 1 aliphatic heterocycles.